The highest BCUT2D eigenvalue weighted by Gasteiger charge is 2.36. The minimum Gasteiger partial charge on any atom is -0.309 e. The van der Waals surface area contributed by atoms with E-state index < -0.39 is 0 Å². The Morgan fingerprint density at radius 2 is 1.67 bits per heavy atom. The van der Waals surface area contributed by atoms with Gasteiger partial charge in [-0.05, 0) is 29.9 Å². The van der Waals surface area contributed by atoms with Crippen molar-refractivity contribution in [2.75, 3.05) is 19.6 Å². The third-order valence-corrected chi connectivity index (χ3v) is 5.05. The number of nitrogens with one attached hydrogen (secondary N) is 1. The van der Waals surface area contributed by atoms with Crippen molar-refractivity contribution >= 4 is 0 Å². The molecule has 118 valence electrons. The van der Waals surface area contributed by atoms with Crippen LogP contribution in [0.5, 0.6) is 0 Å². The molecule has 2 nitrogen and oxygen atoms in total. The van der Waals surface area contributed by atoms with Crippen molar-refractivity contribution in [3.63, 3.8) is 0 Å². The molecule has 0 aromatic heterocycles. The maximum Gasteiger partial charge on any atom is 0.0480 e. The van der Waals surface area contributed by atoms with E-state index in [1.807, 2.05) is 0 Å². The second-order valence-electron chi connectivity index (χ2n) is 7.09. The standard InChI is InChI=1S/C19H32N2/c1-6-20-18(17-10-8-7-9-11-17)19(14(2)3)21-12-15(4)16(5)13-21/h7-11,14-16,18-20H,6,12-13H2,1-5H3. The molecule has 2 heteroatoms. The van der Waals surface area contributed by atoms with Crippen LogP contribution in [0.4, 0.5) is 0 Å². The molecule has 0 saturated carbocycles. The first-order valence-electron chi connectivity index (χ1n) is 8.57. The van der Waals surface area contributed by atoms with E-state index in [1.54, 1.807) is 0 Å². The largest absolute Gasteiger partial charge is 0.309 e. The van der Waals surface area contributed by atoms with Crippen LogP contribution < -0.4 is 5.32 Å². The van der Waals surface area contributed by atoms with Crippen LogP contribution in [-0.4, -0.2) is 30.6 Å². The Morgan fingerprint density at radius 3 is 2.14 bits per heavy atom. The van der Waals surface area contributed by atoms with Crippen molar-refractivity contribution in [3.05, 3.63) is 35.9 Å². The summed E-state index contributed by atoms with van der Waals surface area (Å²) in [5.74, 6) is 2.26. The summed E-state index contributed by atoms with van der Waals surface area (Å²) in [4.78, 5) is 2.72. The van der Waals surface area contributed by atoms with Gasteiger partial charge in [-0.3, -0.25) is 4.90 Å². The average molecular weight is 288 g/mol. The molecule has 2 rings (SSSR count). The van der Waals surface area contributed by atoms with Crippen LogP contribution in [0.2, 0.25) is 0 Å². The topological polar surface area (TPSA) is 15.3 Å². The van der Waals surface area contributed by atoms with Crippen LogP contribution in [0.3, 0.4) is 0 Å². The van der Waals surface area contributed by atoms with Gasteiger partial charge in [0.2, 0.25) is 0 Å². The minimum absolute atomic E-state index is 0.425. The van der Waals surface area contributed by atoms with Gasteiger partial charge in [0, 0.05) is 25.2 Å². The zero-order valence-corrected chi connectivity index (χ0v) is 14.3. The van der Waals surface area contributed by atoms with Crippen LogP contribution >= 0.6 is 0 Å². The van der Waals surface area contributed by atoms with Crippen LogP contribution in [0, 0.1) is 17.8 Å². The minimum atomic E-state index is 0.425. The van der Waals surface area contributed by atoms with Gasteiger partial charge in [-0.2, -0.15) is 0 Å². The predicted octanol–water partition coefficient (Wildman–Crippen LogP) is 3.95. The number of hydrogen-bond acceptors (Lipinski definition) is 2. The zero-order valence-electron chi connectivity index (χ0n) is 14.3. The summed E-state index contributed by atoms with van der Waals surface area (Å²) >= 11 is 0. The first kappa shape index (κ1) is 16.5. The molecular formula is C19H32N2. The Morgan fingerprint density at radius 1 is 1.10 bits per heavy atom. The molecule has 0 radical (unpaired) electrons. The quantitative estimate of drug-likeness (QED) is 0.852. The highest BCUT2D eigenvalue weighted by Crippen LogP contribution is 2.32. The molecule has 4 atom stereocenters. The first-order chi connectivity index (χ1) is 10.0. The average Bonchev–Trinajstić information content (AvgIpc) is 2.78. The molecular weight excluding hydrogens is 256 g/mol. The highest BCUT2D eigenvalue weighted by molar-refractivity contribution is 5.21. The van der Waals surface area contributed by atoms with E-state index in [4.69, 9.17) is 0 Å². The lowest BCUT2D eigenvalue weighted by Crippen LogP contribution is -2.47. The molecule has 1 heterocycles. The van der Waals surface area contributed by atoms with Gasteiger partial charge in [0.05, 0.1) is 0 Å². The van der Waals surface area contributed by atoms with Gasteiger partial charge >= 0.3 is 0 Å². The van der Waals surface area contributed by atoms with E-state index in [2.05, 4.69) is 75.2 Å². The number of benzene rings is 1. The Balaban J connectivity index is 2.25. The van der Waals surface area contributed by atoms with Crippen molar-refractivity contribution < 1.29 is 0 Å². The van der Waals surface area contributed by atoms with E-state index >= 15 is 0 Å². The molecule has 21 heavy (non-hydrogen) atoms. The molecule has 1 saturated heterocycles. The number of hydrogen-bond donors (Lipinski definition) is 1. The van der Waals surface area contributed by atoms with Gasteiger partial charge in [-0.25, -0.2) is 0 Å². The number of rotatable bonds is 6. The SMILES string of the molecule is CCNC(c1ccccc1)C(C(C)C)N1CC(C)C(C)C1. The van der Waals surface area contributed by atoms with E-state index in [0.29, 0.717) is 18.0 Å². The van der Waals surface area contributed by atoms with Gasteiger partial charge in [-0.15, -0.1) is 0 Å². The fourth-order valence-corrected chi connectivity index (χ4v) is 3.75. The summed E-state index contributed by atoms with van der Waals surface area (Å²) in [5, 5.41) is 3.75. The lowest BCUT2D eigenvalue weighted by Gasteiger charge is -2.38. The number of likely N-dealkylation sites (N-methyl/N-ethyl adjacent to an activating group) is 1. The molecule has 1 aliphatic heterocycles. The molecule has 0 amide bonds. The number of likely N-dealkylation sites (tertiary alicyclic amines) is 1. The summed E-state index contributed by atoms with van der Waals surface area (Å²) in [5.41, 5.74) is 1.42. The van der Waals surface area contributed by atoms with E-state index in [9.17, 15) is 0 Å². The molecule has 1 aromatic carbocycles. The van der Waals surface area contributed by atoms with E-state index in [0.717, 1.165) is 18.4 Å². The maximum absolute atomic E-state index is 3.75. The predicted molar refractivity (Wildman–Crippen MR) is 91.4 cm³/mol. The van der Waals surface area contributed by atoms with Crippen molar-refractivity contribution in [2.24, 2.45) is 17.8 Å². The molecule has 0 spiro atoms. The molecule has 1 aliphatic rings. The molecule has 1 aromatic rings. The van der Waals surface area contributed by atoms with Crippen LogP contribution in [0.1, 0.15) is 46.2 Å². The first-order valence-corrected chi connectivity index (χ1v) is 8.57. The summed E-state index contributed by atoms with van der Waals surface area (Å²) in [6.45, 7) is 15.2. The van der Waals surface area contributed by atoms with E-state index in [-0.39, 0.29) is 0 Å². The summed E-state index contributed by atoms with van der Waals surface area (Å²) in [6.07, 6.45) is 0. The van der Waals surface area contributed by atoms with Gasteiger partial charge in [0.1, 0.15) is 0 Å². The smallest absolute Gasteiger partial charge is 0.0480 e. The van der Waals surface area contributed by atoms with Crippen molar-refractivity contribution in [1.29, 1.82) is 0 Å². The fraction of sp³-hybridized carbons (Fsp3) is 0.684. The Kier molecular flexibility index (Phi) is 5.83. The van der Waals surface area contributed by atoms with Crippen molar-refractivity contribution in [3.8, 4) is 0 Å². The summed E-state index contributed by atoms with van der Waals surface area (Å²) in [7, 11) is 0. The normalized spacial score (nSPS) is 26.2. The third kappa shape index (κ3) is 3.87. The molecule has 4 unspecified atom stereocenters. The van der Waals surface area contributed by atoms with Gasteiger partial charge in [0.15, 0.2) is 0 Å². The van der Waals surface area contributed by atoms with Crippen LogP contribution in [-0.2, 0) is 0 Å². The van der Waals surface area contributed by atoms with Gasteiger partial charge in [-0.1, -0.05) is 65.0 Å². The molecule has 1 fully saturated rings. The zero-order chi connectivity index (χ0) is 15.4. The van der Waals surface area contributed by atoms with Gasteiger partial charge < -0.3 is 5.32 Å². The lowest BCUT2D eigenvalue weighted by molar-refractivity contribution is 0.139. The Hall–Kier alpha value is -0.860. The van der Waals surface area contributed by atoms with Crippen molar-refractivity contribution in [1.82, 2.24) is 10.2 Å². The summed E-state index contributed by atoms with van der Waals surface area (Å²) < 4.78 is 0. The van der Waals surface area contributed by atoms with Crippen LogP contribution in [0.15, 0.2) is 30.3 Å². The Bertz CT molecular complexity index is 405. The molecule has 1 N–H and O–H groups in total. The fourth-order valence-electron chi connectivity index (χ4n) is 3.75. The summed E-state index contributed by atoms with van der Waals surface area (Å²) in [6, 6.07) is 12.0. The maximum atomic E-state index is 3.75. The second kappa shape index (κ2) is 7.42. The van der Waals surface area contributed by atoms with Crippen LogP contribution in [0.25, 0.3) is 0 Å². The highest BCUT2D eigenvalue weighted by atomic mass is 15.2. The molecule has 0 aliphatic carbocycles. The van der Waals surface area contributed by atoms with Gasteiger partial charge in [0.25, 0.3) is 0 Å². The third-order valence-electron chi connectivity index (χ3n) is 5.05. The Labute approximate surface area is 130 Å². The number of nitrogens with zero attached hydrogens (tertiary/aromatic N) is 1. The van der Waals surface area contributed by atoms with E-state index in [1.165, 1.54) is 18.7 Å². The lowest BCUT2D eigenvalue weighted by atomic mass is 9.89. The second-order valence-corrected chi connectivity index (χ2v) is 7.09. The molecule has 0 bridgehead atoms. The monoisotopic (exact) mass is 288 g/mol. The van der Waals surface area contributed by atoms with Crippen molar-refractivity contribution in [2.45, 2.75) is 46.7 Å².